The lowest BCUT2D eigenvalue weighted by molar-refractivity contribution is -0.121. The summed E-state index contributed by atoms with van der Waals surface area (Å²) in [6.07, 6.45) is 0. The summed E-state index contributed by atoms with van der Waals surface area (Å²) in [5, 5.41) is 3.96. The van der Waals surface area contributed by atoms with Gasteiger partial charge >= 0.3 is 0 Å². The van der Waals surface area contributed by atoms with Gasteiger partial charge in [-0.25, -0.2) is 4.98 Å². The van der Waals surface area contributed by atoms with Crippen molar-refractivity contribution in [2.45, 2.75) is 20.0 Å². The highest BCUT2D eigenvalue weighted by Gasteiger charge is 2.11. The van der Waals surface area contributed by atoms with Crippen LogP contribution in [0.4, 0.5) is 0 Å². The lowest BCUT2D eigenvalue weighted by Crippen LogP contribution is -2.33. The summed E-state index contributed by atoms with van der Waals surface area (Å²) >= 11 is 5.83. The number of para-hydroxylation sites is 1. The molecule has 1 aromatic heterocycles. The number of aryl methyl sites for hydroxylation is 1. The Morgan fingerprint density at radius 1 is 1.17 bits per heavy atom. The SMILES string of the molecule is Cc1nc2ccccc2c(=O)n1CC(=O)NCc1ccc(Cl)cc1. The number of amides is 1. The van der Waals surface area contributed by atoms with Gasteiger partial charge in [-0.1, -0.05) is 35.9 Å². The van der Waals surface area contributed by atoms with Crippen LogP contribution in [0.1, 0.15) is 11.4 Å². The topological polar surface area (TPSA) is 64.0 Å². The summed E-state index contributed by atoms with van der Waals surface area (Å²) in [6, 6.07) is 14.3. The molecule has 0 bridgehead atoms. The molecule has 2 aromatic carbocycles. The summed E-state index contributed by atoms with van der Waals surface area (Å²) in [6.45, 7) is 2.04. The van der Waals surface area contributed by atoms with Crippen LogP contribution in [0.3, 0.4) is 0 Å². The highest BCUT2D eigenvalue weighted by atomic mass is 35.5. The van der Waals surface area contributed by atoms with E-state index in [4.69, 9.17) is 11.6 Å². The van der Waals surface area contributed by atoms with Gasteiger partial charge in [0.05, 0.1) is 10.9 Å². The molecule has 0 saturated carbocycles. The summed E-state index contributed by atoms with van der Waals surface area (Å²) < 4.78 is 1.39. The van der Waals surface area contributed by atoms with Gasteiger partial charge in [-0.15, -0.1) is 0 Å². The molecule has 3 rings (SSSR count). The number of nitrogens with zero attached hydrogens (tertiary/aromatic N) is 2. The minimum Gasteiger partial charge on any atom is -0.350 e. The van der Waals surface area contributed by atoms with Crippen LogP contribution in [0.25, 0.3) is 10.9 Å². The number of nitrogens with one attached hydrogen (secondary N) is 1. The van der Waals surface area contributed by atoms with Crippen molar-refractivity contribution in [1.82, 2.24) is 14.9 Å². The first-order chi connectivity index (χ1) is 11.5. The van der Waals surface area contributed by atoms with Crippen LogP contribution < -0.4 is 10.9 Å². The molecule has 1 heterocycles. The monoisotopic (exact) mass is 341 g/mol. The van der Waals surface area contributed by atoms with E-state index in [0.29, 0.717) is 28.3 Å². The van der Waals surface area contributed by atoms with E-state index in [1.54, 1.807) is 37.3 Å². The Balaban J connectivity index is 1.75. The van der Waals surface area contributed by atoms with Crippen molar-refractivity contribution in [2.75, 3.05) is 0 Å². The van der Waals surface area contributed by atoms with Gasteiger partial charge in [0.15, 0.2) is 0 Å². The van der Waals surface area contributed by atoms with E-state index in [2.05, 4.69) is 10.3 Å². The van der Waals surface area contributed by atoms with Gasteiger partial charge in [-0.2, -0.15) is 0 Å². The predicted octanol–water partition coefficient (Wildman–Crippen LogP) is 2.67. The van der Waals surface area contributed by atoms with Crippen molar-refractivity contribution in [3.63, 3.8) is 0 Å². The van der Waals surface area contributed by atoms with Crippen LogP contribution in [-0.2, 0) is 17.9 Å². The zero-order valence-electron chi connectivity index (χ0n) is 13.1. The molecule has 0 atom stereocenters. The second-order valence-corrected chi connectivity index (χ2v) is 5.91. The normalized spacial score (nSPS) is 10.8. The van der Waals surface area contributed by atoms with Gasteiger partial charge in [0.1, 0.15) is 12.4 Å². The Morgan fingerprint density at radius 3 is 2.62 bits per heavy atom. The van der Waals surface area contributed by atoms with Crippen molar-refractivity contribution < 1.29 is 4.79 Å². The maximum Gasteiger partial charge on any atom is 0.261 e. The second-order valence-electron chi connectivity index (χ2n) is 5.47. The molecule has 0 unspecified atom stereocenters. The molecule has 0 spiro atoms. The second kappa shape index (κ2) is 6.84. The number of hydrogen-bond acceptors (Lipinski definition) is 3. The minimum absolute atomic E-state index is 0.0594. The van der Waals surface area contributed by atoms with Gasteiger partial charge < -0.3 is 5.32 Å². The molecule has 0 saturated heterocycles. The summed E-state index contributed by atoms with van der Waals surface area (Å²) in [4.78, 5) is 29.1. The molecule has 0 aliphatic heterocycles. The molecule has 5 nitrogen and oxygen atoms in total. The molecule has 1 amide bonds. The van der Waals surface area contributed by atoms with E-state index in [1.807, 2.05) is 18.2 Å². The third-order valence-corrected chi connectivity index (χ3v) is 4.01. The van der Waals surface area contributed by atoms with Gasteiger partial charge in [-0.05, 0) is 36.8 Å². The average Bonchev–Trinajstić information content (AvgIpc) is 2.58. The molecule has 24 heavy (non-hydrogen) atoms. The van der Waals surface area contributed by atoms with Crippen molar-refractivity contribution in [3.05, 3.63) is 75.3 Å². The van der Waals surface area contributed by atoms with Gasteiger partial charge in [0.25, 0.3) is 5.56 Å². The first-order valence-corrected chi connectivity index (χ1v) is 7.90. The summed E-state index contributed by atoms with van der Waals surface area (Å²) in [5.74, 6) is 0.271. The molecule has 3 aromatic rings. The fourth-order valence-electron chi connectivity index (χ4n) is 2.47. The molecule has 1 N–H and O–H groups in total. The molecule has 6 heteroatoms. The Bertz CT molecular complexity index is 949. The molecular formula is C18H16ClN3O2. The molecule has 122 valence electrons. The average molecular weight is 342 g/mol. The maximum absolute atomic E-state index is 12.5. The Morgan fingerprint density at radius 2 is 1.88 bits per heavy atom. The first kappa shape index (κ1) is 16.2. The van der Waals surface area contributed by atoms with E-state index < -0.39 is 0 Å². The summed E-state index contributed by atoms with van der Waals surface area (Å²) in [5.41, 5.74) is 1.37. The third-order valence-electron chi connectivity index (χ3n) is 3.76. The molecule has 0 radical (unpaired) electrons. The number of aromatic nitrogens is 2. The zero-order chi connectivity index (χ0) is 17.1. The number of fused-ring (bicyclic) bond motifs is 1. The smallest absolute Gasteiger partial charge is 0.261 e. The van der Waals surface area contributed by atoms with E-state index in [0.717, 1.165) is 5.56 Å². The Labute approximate surface area is 143 Å². The van der Waals surface area contributed by atoms with E-state index in [9.17, 15) is 9.59 Å². The highest BCUT2D eigenvalue weighted by molar-refractivity contribution is 6.30. The zero-order valence-corrected chi connectivity index (χ0v) is 13.9. The van der Waals surface area contributed by atoms with Gasteiger partial charge in [0, 0.05) is 11.6 Å². The fraction of sp³-hybridized carbons (Fsp3) is 0.167. The van der Waals surface area contributed by atoms with Gasteiger partial charge in [0.2, 0.25) is 5.91 Å². The number of benzene rings is 2. The van der Waals surface area contributed by atoms with Crippen molar-refractivity contribution in [2.24, 2.45) is 0 Å². The number of carbonyl (C=O) groups is 1. The Hall–Kier alpha value is -2.66. The number of hydrogen-bond donors (Lipinski definition) is 1. The lowest BCUT2D eigenvalue weighted by Gasteiger charge is -2.11. The fourth-order valence-corrected chi connectivity index (χ4v) is 2.59. The van der Waals surface area contributed by atoms with Crippen molar-refractivity contribution in [3.8, 4) is 0 Å². The first-order valence-electron chi connectivity index (χ1n) is 7.52. The van der Waals surface area contributed by atoms with Crippen molar-refractivity contribution >= 4 is 28.4 Å². The maximum atomic E-state index is 12.5. The number of halogens is 1. The number of carbonyl (C=O) groups excluding carboxylic acids is 1. The largest absolute Gasteiger partial charge is 0.350 e. The van der Waals surface area contributed by atoms with Crippen LogP contribution in [0.15, 0.2) is 53.3 Å². The number of rotatable bonds is 4. The lowest BCUT2D eigenvalue weighted by atomic mass is 10.2. The predicted molar refractivity (Wildman–Crippen MR) is 94.0 cm³/mol. The van der Waals surface area contributed by atoms with Crippen LogP contribution in [0.5, 0.6) is 0 Å². The minimum atomic E-state index is -0.243. The molecule has 0 aliphatic rings. The Kier molecular flexibility index (Phi) is 4.62. The van der Waals surface area contributed by atoms with Crippen LogP contribution in [0, 0.1) is 6.92 Å². The molecular weight excluding hydrogens is 326 g/mol. The summed E-state index contributed by atoms with van der Waals surface area (Å²) in [7, 11) is 0. The van der Waals surface area contributed by atoms with Crippen LogP contribution in [0.2, 0.25) is 5.02 Å². The van der Waals surface area contributed by atoms with Gasteiger partial charge in [-0.3, -0.25) is 14.2 Å². The molecule has 0 fully saturated rings. The van der Waals surface area contributed by atoms with Crippen molar-refractivity contribution in [1.29, 1.82) is 0 Å². The highest BCUT2D eigenvalue weighted by Crippen LogP contribution is 2.09. The van der Waals surface area contributed by atoms with E-state index in [-0.39, 0.29) is 18.0 Å². The third kappa shape index (κ3) is 3.46. The van der Waals surface area contributed by atoms with E-state index in [1.165, 1.54) is 4.57 Å². The molecule has 0 aliphatic carbocycles. The van der Waals surface area contributed by atoms with Crippen LogP contribution in [-0.4, -0.2) is 15.5 Å². The standard InChI is InChI=1S/C18H16ClN3O2/c1-12-21-16-5-3-2-4-15(16)18(24)22(12)11-17(23)20-10-13-6-8-14(19)9-7-13/h2-9H,10-11H2,1H3,(H,20,23). The van der Waals surface area contributed by atoms with Crippen LogP contribution >= 0.6 is 11.6 Å². The van der Waals surface area contributed by atoms with E-state index >= 15 is 0 Å². The quantitative estimate of drug-likeness (QED) is 0.793.